The van der Waals surface area contributed by atoms with Crippen molar-refractivity contribution >= 4 is 11.9 Å². The fraction of sp³-hybridized carbons (Fsp3) is 0.643. The standard InChI is InChI=1S/C14H20N4O3/c19-7-2-12(20)18-6-3-14(10-18)8-11(9-21-14)17-13-15-4-1-5-16-13/h1,4-5,11,19H,2-3,6-10H2,(H,15,16,17)/t11-,14-/m1/s1. The molecule has 2 atom stereocenters. The van der Waals surface area contributed by atoms with E-state index in [0.29, 0.717) is 25.6 Å². The summed E-state index contributed by atoms with van der Waals surface area (Å²) in [6, 6.07) is 1.94. The Labute approximate surface area is 123 Å². The highest BCUT2D eigenvalue weighted by molar-refractivity contribution is 5.76. The van der Waals surface area contributed by atoms with E-state index in [1.54, 1.807) is 23.4 Å². The fourth-order valence-corrected chi connectivity index (χ4v) is 3.09. The van der Waals surface area contributed by atoms with Crippen LogP contribution < -0.4 is 5.32 Å². The zero-order valence-corrected chi connectivity index (χ0v) is 11.9. The largest absolute Gasteiger partial charge is 0.396 e. The predicted molar refractivity (Wildman–Crippen MR) is 75.6 cm³/mol. The molecule has 2 N–H and O–H groups in total. The molecule has 3 rings (SSSR count). The highest BCUT2D eigenvalue weighted by Gasteiger charge is 2.46. The second-order valence-electron chi connectivity index (χ2n) is 5.65. The lowest BCUT2D eigenvalue weighted by Crippen LogP contribution is -2.36. The Morgan fingerprint density at radius 2 is 2.33 bits per heavy atom. The van der Waals surface area contributed by atoms with E-state index in [2.05, 4.69) is 15.3 Å². The van der Waals surface area contributed by atoms with Crippen LogP contribution >= 0.6 is 0 Å². The molecule has 0 radical (unpaired) electrons. The third-order valence-electron chi connectivity index (χ3n) is 4.10. The van der Waals surface area contributed by atoms with Gasteiger partial charge in [0.05, 0.1) is 24.9 Å². The van der Waals surface area contributed by atoms with Crippen molar-refractivity contribution in [1.29, 1.82) is 0 Å². The summed E-state index contributed by atoms with van der Waals surface area (Å²) in [6.45, 7) is 1.81. The van der Waals surface area contributed by atoms with Crippen LogP contribution in [0.3, 0.4) is 0 Å². The summed E-state index contributed by atoms with van der Waals surface area (Å²) in [5.41, 5.74) is -0.252. The van der Waals surface area contributed by atoms with Gasteiger partial charge in [-0.1, -0.05) is 0 Å². The molecule has 2 aliphatic rings. The maximum atomic E-state index is 11.8. The highest BCUT2D eigenvalue weighted by Crippen LogP contribution is 2.36. The molecule has 114 valence electrons. The Morgan fingerprint density at radius 1 is 1.52 bits per heavy atom. The number of aliphatic hydroxyl groups is 1. The lowest BCUT2D eigenvalue weighted by atomic mass is 9.97. The SMILES string of the molecule is O=C(CCO)N1CC[C@@]2(C[C@@H](Nc3ncccn3)CO2)C1. The van der Waals surface area contributed by atoms with Gasteiger partial charge in [0.1, 0.15) is 0 Å². The molecule has 2 saturated heterocycles. The molecule has 7 nitrogen and oxygen atoms in total. The first kappa shape index (κ1) is 14.2. The summed E-state index contributed by atoms with van der Waals surface area (Å²) in [6.07, 6.45) is 5.28. The van der Waals surface area contributed by atoms with Gasteiger partial charge in [0.25, 0.3) is 0 Å². The summed E-state index contributed by atoms with van der Waals surface area (Å²) < 4.78 is 5.97. The summed E-state index contributed by atoms with van der Waals surface area (Å²) in [5.74, 6) is 0.607. The zero-order valence-electron chi connectivity index (χ0n) is 11.9. The molecule has 1 spiro atoms. The highest BCUT2D eigenvalue weighted by atomic mass is 16.5. The first-order chi connectivity index (χ1) is 10.2. The van der Waals surface area contributed by atoms with Gasteiger partial charge in [0, 0.05) is 38.3 Å². The van der Waals surface area contributed by atoms with E-state index in [1.807, 2.05) is 0 Å². The van der Waals surface area contributed by atoms with Crippen molar-refractivity contribution in [2.24, 2.45) is 0 Å². The van der Waals surface area contributed by atoms with Gasteiger partial charge in [0.15, 0.2) is 0 Å². The molecule has 1 aromatic heterocycles. The van der Waals surface area contributed by atoms with Gasteiger partial charge in [-0.05, 0) is 12.5 Å². The van der Waals surface area contributed by atoms with E-state index in [-0.39, 0.29) is 30.6 Å². The minimum absolute atomic E-state index is 0.000719. The molecular formula is C14H20N4O3. The Hall–Kier alpha value is -1.73. The van der Waals surface area contributed by atoms with E-state index in [1.165, 1.54) is 0 Å². The number of nitrogens with zero attached hydrogens (tertiary/aromatic N) is 3. The Morgan fingerprint density at radius 3 is 3.10 bits per heavy atom. The van der Waals surface area contributed by atoms with Crippen LogP contribution in [0.4, 0.5) is 5.95 Å². The Kier molecular flexibility index (Phi) is 4.03. The van der Waals surface area contributed by atoms with Crippen molar-refractivity contribution in [3.63, 3.8) is 0 Å². The quantitative estimate of drug-likeness (QED) is 0.814. The number of anilines is 1. The number of hydrogen-bond acceptors (Lipinski definition) is 6. The summed E-state index contributed by atoms with van der Waals surface area (Å²) in [7, 11) is 0. The van der Waals surface area contributed by atoms with E-state index >= 15 is 0 Å². The Bertz CT molecular complexity index is 498. The maximum Gasteiger partial charge on any atom is 0.224 e. The van der Waals surface area contributed by atoms with Crippen LogP contribution in [0, 0.1) is 0 Å². The molecule has 0 aromatic carbocycles. The molecule has 21 heavy (non-hydrogen) atoms. The monoisotopic (exact) mass is 292 g/mol. The lowest BCUT2D eigenvalue weighted by Gasteiger charge is -2.23. The van der Waals surface area contributed by atoms with Crippen LogP contribution in [0.5, 0.6) is 0 Å². The number of aliphatic hydroxyl groups excluding tert-OH is 1. The number of likely N-dealkylation sites (tertiary alicyclic amines) is 1. The summed E-state index contributed by atoms with van der Waals surface area (Å²) in [5, 5.41) is 12.1. The number of rotatable bonds is 4. The summed E-state index contributed by atoms with van der Waals surface area (Å²) >= 11 is 0. The molecular weight excluding hydrogens is 272 g/mol. The number of hydrogen-bond donors (Lipinski definition) is 2. The van der Waals surface area contributed by atoms with E-state index in [9.17, 15) is 4.79 Å². The first-order valence-electron chi connectivity index (χ1n) is 7.27. The van der Waals surface area contributed by atoms with Crippen molar-refractivity contribution in [2.75, 3.05) is 31.6 Å². The minimum atomic E-state index is -0.252. The number of aromatic nitrogens is 2. The van der Waals surface area contributed by atoms with Crippen LogP contribution in [0.1, 0.15) is 19.3 Å². The fourth-order valence-electron chi connectivity index (χ4n) is 3.09. The third-order valence-corrected chi connectivity index (χ3v) is 4.10. The molecule has 3 heterocycles. The molecule has 0 aliphatic carbocycles. The first-order valence-corrected chi connectivity index (χ1v) is 7.27. The molecule has 0 bridgehead atoms. The van der Waals surface area contributed by atoms with Crippen molar-refractivity contribution in [2.45, 2.75) is 30.9 Å². The molecule has 0 unspecified atom stereocenters. The predicted octanol–water partition coefficient (Wildman–Crippen LogP) is 0.0309. The van der Waals surface area contributed by atoms with Crippen molar-refractivity contribution in [3.8, 4) is 0 Å². The lowest BCUT2D eigenvalue weighted by molar-refractivity contribution is -0.131. The normalized spacial score (nSPS) is 28.2. The number of ether oxygens (including phenoxy) is 1. The van der Waals surface area contributed by atoms with Crippen molar-refractivity contribution in [1.82, 2.24) is 14.9 Å². The van der Waals surface area contributed by atoms with Crippen LogP contribution in [-0.2, 0) is 9.53 Å². The van der Waals surface area contributed by atoms with Gasteiger partial charge in [-0.15, -0.1) is 0 Å². The van der Waals surface area contributed by atoms with Crippen LogP contribution in [0.15, 0.2) is 18.5 Å². The van der Waals surface area contributed by atoms with Gasteiger partial charge in [-0.3, -0.25) is 4.79 Å². The van der Waals surface area contributed by atoms with Gasteiger partial charge in [-0.2, -0.15) is 0 Å². The second-order valence-corrected chi connectivity index (χ2v) is 5.65. The number of carbonyl (C=O) groups is 1. The van der Waals surface area contributed by atoms with Crippen molar-refractivity contribution < 1.29 is 14.6 Å². The number of amides is 1. The topological polar surface area (TPSA) is 87.6 Å². The van der Waals surface area contributed by atoms with E-state index < -0.39 is 0 Å². The summed E-state index contributed by atoms with van der Waals surface area (Å²) in [4.78, 5) is 21.9. The van der Waals surface area contributed by atoms with Gasteiger partial charge < -0.3 is 20.1 Å². The van der Waals surface area contributed by atoms with Gasteiger partial charge in [-0.25, -0.2) is 9.97 Å². The smallest absolute Gasteiger partial charge is 0.224 e. The van der Waals surface area contributed by atoms with E-state index in [4.69, 9.17) is 9.84 Å². The van der Waals surface area contributed by atoms with Crippen molar-refractivity contribution in [3.05, 3.63) is 18.5 Å². The van der Waals surface area contributed by atoms with E-state index in [0.717, 1.165) is 12.8 Å². The number of nitrogens with one attached hydrogen (secondary N) is 1. The van der Waals surface area contributed by atoms with Crippen LogP contribution in [-0.4, -0.2) is 63.8 Å². The minimum Gasteiger partial charge on any atom is -0.396 e. The average molecular weight is 292 g/mol. The van der Waals surface area contributed by atoms with Crippen LogP contribution in [0.2, 0.25) is 0 Å². The molecule has 7 heteroatoms. The third kappa shape index (κ3) is 3.14. The average Bonchev–Trinajstić information content (AvgIpc) is 3.08. The maximum absolute atomic E-state index is 11.8. The molecule has 0 saturated carbocycles. The Balaban J connectivity index is 1.56. The molecule has 2 fully saturated rings. The van der Waals surface area contributed by atoms with Crippen LogP contribution in [0.25, 0.3) is 0 Å². The van der Waals surface area contributed by atoms with Gasteiger partial charge in [0.2, 0.25) is 11.9 Å². The molecule has 1 amide bonds. The molecule has 2 aliphatic heterocycles. The number of carbonyl (C=O) groups excluding carboxylic acids is 1. The van der Waals surface area contributed by atoms with Gasteiger partial charge >= 0.3 is 0 Å². The second kappa shape index (κ2) is 5.95. The molecule has 1 aromatic rings. The zero-order chi connectivity index (χ0) is 14.7.